The van der Waals surface area contributed by atoms with Gasteiger partial charge >= 0.3 is 6.18 Å². The molecule has 0 saturated heterocycles. The van der Waals surface area contributed by atoms with Crippen LogP contribution in [0.25, 0.3) is 0 Å². The molecule has 2 N–H and O–H groups in total. The Morgan fingerprint density at radius 1 is 1.10 bits per heavy atom. The van der Waals surface area contributed by atoms with Gasteiger partial charge in [0.1, 0.15) is 5.82 Å². The summed E-state index contributed by atoms with van der Waals surface area (Å²) < 4.78 is 52.0. The van der Waals surface area contributed by atoms with Crippen LogP contribution in [0.15, 0.2) is 18.2 Å². The van der Waals surface area contributed by atoms with E-state index >= 15 is 0 Å². The van der Waals surface area contributed by atoms with Crippen molar-refractivity contribution in [1.82, 2.24) is 0 Å². The lowest BCUT2D eigenvalue weighted by Gasteiger charge is -2.29. The maximum Gasteiger partial charge on any atom is 0.416 e. The molecule has 6 heteroatoms. The van der Waals surface area contributed by atoms with Crippen LogP contribution in [-0.4, -0.2) is 0 Å². The normalized spacial score (nSPS) is 18.4. The maximum absolute atomic E-state index is 13.2. The fraction of sp³-hybridized carbons (Fsp3) is 0.571. The summed E-state index contributed by atoms with van der Waals surface area (Å²) in [5.74, 6) is -0.661. The standard InChI is InChI=1S/C14H17F4N.ClH/c15-10-6-7-12(14(16,17)18)11(8-10)13(19)9-4-2-1-3-5-9;/h6-9,13H,1-5,19H2;1H/t13-;/m0./s1. The minimum Gasteiger partial charge on any atom is -0.324 e. The Morgan fingerprint density at radius 2 is 1.70 bits per heavy atom. The number of hydrogen-bond acceptors (Lipinski definition) is 1. The van der Waals surface area contributed by atoms with Gasteiger partial charge in [-0.15, -0.1) is 12.4 Å². The van der Waals surface area contributed by atoms with Gasteiger partial charge in [-0.2, -0.15) is 13.2 Å². The van der Waals surface area contributed by atoms with Crippen molar-refractivity contribution in [2.75, 3.05) is 0 Å². The molecule has 0 heterocycles. The Morgan fingerprint density at radius 3 is 2.25 bits per heavy atom. The lowest BCUT2D eigenvalue weighted by atomic mass is 9.80. The zero-order valence-electron chi connectivity index (χ0n) is 10.9. The first-order valence-electron chi connectivity index (χ1n) is 6.52. The highest BCUT2D eigenvalue weighted by Crippen LogP contribution is 2.39. The highest BCUT2D eigenvalue weighted by atomic mass is 35.5. The Bertz CT molecular complexity index is 441. The average molecular weight is 312 g/mol. The van der Waals surface area contributed by atoms with Crippen molar-refractivity contribution in [2.45, 2.75) is 44.3 Å². The van der Waals surface area contributed by atoms with Crippen molar-refractivity contribution >= 4 is 12.4 Å². The summed E-state index contributed by atoms with van der Waals surface area (Å²) in [4.78, 5) is 0. The summed E-state index contributed by atoms with van der Waals surface area (Å²) in [7, 11) is 0. The molecule has 2 rings (SSSR count). The van der Waals surface area contributed by atoms with E-state index in [4.69, 9.17) is 5.73 Å². The van der Waals surface area contributed by atoms with E-state index in [9.17, 15) is 17.6 Å². The maximum atomic E-state index is 13.2. The van der Waals surface area contributed by atoms with Crippen molar-refractivity contribution in [3.8, 4) is 0 Å². The van der Waals surface area contributed by atoms with Gasteiger partial charge in [-0.3, -0.25) is 0 Å². The molecule has 1 atom stereocenters. The molecule has 1 saturated carbocycles. The first-order valence-corrected chi connectivity index (χ1v) is 6.52. The summed E-state index contributed by atoms with van der Waals surface area (Å²) >= 11 is 0. The molecule has 1 aromatic carbocycles. The summed E-state index contributed by atoms with van der Waals surface area (Å²) in [6, 6.07) is 1.81. The second-order valence-electron chi connectivity index (χ2n) is 5.15. The molecule has 114 valence electrons. The van der Waals surface area contributed by atoms with Gasteiger partial charge in [0.25, 0.3) is 0 Å². The van der Waals surface area contributed by atoms with Gasteiger partial charge in [0.15, 0.2) is 0 Å². The number of benzene rings is 1. The Balaban J connectivity index is 0.00000200. The van der Waals surface area contributed by atoms with Crippen LogP contribution in [0, 0.1) is 11.7 Å². The number of hydrogen-bond donors (Lipinski definition) is 1. The summed E-state index contributed by atoms with van der Waals surface area (Å²) in [6.07, 6.45) is 0.196. The van der Waals surface area contributed by atoms with E-state index in [0.29, 0.717) is 0 Å². The number of halogens is 5. The predicted molar refractivity (Wildman–Crippen MR) is 72.2 cm³/mol. The molecule has 20 heavy (non-hydrogen) atoms. The van der Waals surface area contributed by atoms with Crippen LogP contribution in [0.3, 0.4) is 0 Å². The molecule has 0 unspecified atom stereocenters. The fourth-order valence-corrected chi connectivity index (χ4v) is 2.81. The lowest BCUT2D eigenvalue weighted by Crippen LogP contribution is -2.26. The number of nitrogens with two attached hydrogens (primary N) is 1. The van der Waals surface area contributed by atoms with Crippen LogP contribution in [0.2, 0.25) is 0 Å². The molecule has 1 fully saturated rings. The van der Waals surface area contributed by atoms with Gasteiger partial charge in [0.2, 0.25) is 0 Å². The second-order valence-corrected chi connectivity index (χ2v) is 5.15. The molecule has 0 aliphatic heterocycles. The SMILES string of the molecule is Cl.N[C@H](c1cc(F)ccc1C(F)(F)F)C1CCCCC1. The van der Waals surface area contributed by atoms with Crippen LogP contribution in [0.1, 0.15) is 49.3 Å². The van der Waals surface area contributed by atoms with Gasteiger partial charge in [-0.1, -0.05) is 19.3 Å². The monoisotopic (exact) mass is 311 g/mol. The van der Waals surface area contributed by atoms with E-state index in [-0.39, 0.29) is 23.9 Å². The smallest absolute Gasteiger partial charge is 0.324 e. The molecule has 1 aromatic rings. The zero-order chi connectivity index (χ0) is 14.0. The average Bonchev–Trinajstić information content (AvgIpc) is 2.37. The van der Waals surface area contributed by atoms with E-state index < -0.39 is 23.6 Å². The molecular formula is C14H18ClF4N. The van der Waals surface area contributed by atoms with Crippen LogP contribution in [-0.2, 0) is 6.18 Å². The first kappa shape index (κ1) is 17.2. The van der Waals surface area contributed by atoms with Crippen LogP contribution >= 0.6 is 12.4 Å². The van der Waals surface area contributed by atoms with Crippen molar-refractivity contribution in [2.24, 2.45) is 11.7 Å². The third-order valence-electron chi connectivity index (χ3n) is 3.84. The third-order valence-corrected chi connectivity index (χ3v) is 3.84. The molecular weight excluding hydrogens is 294 g/mol. The van der Waals surface area contributed by atoms with Crippen LogP contribution in [0.4, 0.5) is 17.6 Å². The molecule has 0 bridgehead atoms. The Kier molecular flexibility index (Phi) is 5.83. The second kappa shape index (κ2) is 6.76. The summed E-state index contributed by atoms with van der Waals surface area (Å²) in [5.41, 5.74) is 5.04. The Hall–Kier alpha value is -0.810. The quantitative estimate of drug-likeness (QED) is 0.777. The summed E-state index contributed by atoms with van der Waals surface area (Å²) in [6.45, 7) is 0. The van der Waals surface area contributed by atoms with Crippen molar-refractivity contribution < 1.29 is 17.6 Å². The number of alkyl halides is 3. The van der Waals surface area contributed by atoms with E-state index in [0.717, 1.165) is 50.3 Å². The van der Waals surface area contributed by atoms with E-state index in [2.05, 4.69) is 0 Å². The van der Waals surface area contributed by atoms with E-state index in [1.807, 2.05) is 0 Å². The third kappa shape index (κ3) is 3.85. The van der Waals surface area contributed by atoms with Crippen molar-refractivity contribution in [3.63, 3.8) is 0 Å². The molecule has 0 amide bonds. The van der Waals surface area contributed by atoms with Gasteiger partial charge in [-0.25, -0.2) is 4.39 Å². The van der Waals surface area contributed by atoms with Gasteiger partial charge < -0.3 is 5.73 Å². The van der Waals surface area contributed by atoms with Gasteiger partial charge in [0.05, 0.1) is 5.56 Å². The minimum absolute atomic E-state index is 0. The van der Waals surface area contributed by atoms with Crippen LogP contribution in [0.5, 0.6) is 0 Å². The fourth-order valence-electron chi connectivity index (χ4n) is 2.81. The highest BCUT2D eigenvalue weighted by Gasteiger charge is 2.36. The molecule has 1 nitrogen and oxygen atoms in total. The van der Waals surface area contributed by atoms with Crippen molar-refractivity contribution in [3.05, 3.63) is 35.1 Å². The first-order chi connectivity index (χ1) is 8.89. The highest BCUT2D eigenvalue weighted by molar-refractivity contribution is 5.85. The predicted octanol–water partition coefficient (Wildman–Crippen LogP) is 4.85. The zero-order valence-corrected chi connectivity index (χ0v) is 11.7. The van der Waals surface area contributed by atoms with E-state index in [1.165, 1.54) is 0 Å². The summed E-state index contributed by atoms with van der Waals surface area (Å²) in [5, 5.41) is 0. The largest absolute Gasteiger partial charge is 0.416 e. The molecule has 0 spiro atoms. The van der Waals surface area contributed by atoms with Crippen molar-refractivity contribution in [1.29, 1.82) is 0 Å². The molecule has 1 aliphatic carbocycles. The topological polar surface area (TPSA) is 26.0 Å². The number of rotatable bonds is 2. The molecule has 0 radical (unpaired) electrons. The lowest BCUT2D eigenvalue weighted by molar-refractivity contribution is -0.138. The molecule has 1 aliphatic rings. The Labute approximate surface area is 122 Å². The van der Waals surface area contributed by atoms with Crippen LogP contribution < -0.4 is 5.73 Å². The minimum atomic E-state index is -4.49. The molecule has 0 aromatic heterocycles. The van der Waals surface area contributed by atoms with Gasteiger partial charge in [-0.05, 0) is 42.5 Å². The van der Waals surface area contributed by atoms with E-state index in [1.54, 1.807) is 0 Å². The van der Waals surface area contributed by atoms with Gasteiger partial charge in [0, 0.05) is 6.04 Å².